The maximum atomic E-state index is 12.2. The molecule has 1 heterocycles. The quantitative estimate of drug-likeness (QED) is 0.461. The third-order valence-corrected chi connectivity index (χ3v) is 4.12. The molecule has 142 valence electrons. The van der Waals surface area contributed by atoms with Crippen LogP contribution in [0.2, 0.25) is 0 Å². The van der Waals surface area contributed by atoms with E-state index in [0.717, 1.165) is 22.8 Å². The minimum Gasteiger partial charge on any atom is -0.493 e. The van der Waals surface area contributed by atoms with Crippen molar-refractivity contribution in [2.24, 2.45) is 5.10 Å². The molecule has 0 unspecified atom stereocenters. The van der Waals surface area contributed by atoms with Gasteiger partial charge in [-0.1, -0.05) is 37.3 Å². The van der Waals surface area contributed by atoms with Gasteiger partial charge in [-0.2, -0.15) is 5.10 Å². The summed E-state index contributed by atoms with van der Waals surface area (Å²) >= 11 is 0. The maximum absolute atomic E-state index is 12.2. The maximum Gasteiger partial charge on any atom is 0.335 e. The SMILES string of the molecule is CCc1ccc(-n2c(O)c(/C=N\NC(=O)c3ccccc3)c(=O)[nH]c2=O)cc1. The summed E-state index contributed by atoms with van der Waals surface area (Å²) in [5.41, 5.74) is 2.25. The van der Waals surface area contributed by atoms with Crippen molar-refractivity contribution in [3.05, 3.63) is 92.1 Å². The summed E-state index contributed by atoms with van der Waals surface area (Å²) in [6.45, 7) is 2.00. The number of hydrazone groups is 1. The average molecular weight is 378 g/mol. The molecule has 1 amide bonds. The number of nitrogens with one attached hydrogen (secondary N) is 2. The number of amides is 1. The molecule has 0 aliphatic carbocycles. The molecule has 0 radical (unpaired) electrons. The fourth-order valence-electron chi connectivity index (χ4n) is 2.58. The predicted molar refractivity (Wildman–Crippen MR) is 105 cm³/mol. The van der Waals surface area contributed by atoms with Gasteiger partial charge in [-0.25, -0.2) is 14.8 Å². The fourth-order valence-corrected chi connectivity index (χ4v) is 2.58. The number of aryl methyl sites for hydroxylation is 1. The first-order valence-corrected chi connectivity index (χ1v) is 8.57. The normalized spacial score (nSPS) is 10.9. The van der Waals surface area contributed by atoms with Crippen LogP contribution in [-0.2, 0) is 6.42 Å². The summed E-state index contributed by atoms with van der Waals surface area (Å²) in [5, 5.41) is 14.2. The molecular weight excluding hydrogens is 360 g/mol. The van der Waals surface area contributed by atoms with E-state index in [9.17, 15) is 19.5 Å². The summed E-state index contributed by atoms with van der Waals surface area (Å²) in [7, 11) is 0. The molecule has 0 spiro atoms. The van der Waals surface area contributed by atoms with Crippen molar-refractivity contribution in [1.29, 1.82) is 0 Å². The van der Waals surface area contributed by atoms with Gasteiger partial charge in [-0.15, -0.1) is 0 Å². The molecule has 3 rings (SSSR count). The van der Waals surface area contributed by atoms with E-state index in [1.807, 2.05) is 19.1 Å². The zero-order valence-corrected chi connectivity index (χ0v) is 15.0. The largest absolute Gasteiger partial charge is 0.493 e. The number of rotatable bonds is 5. The highest BCUT2D eigenvalue weighted by molar-refractivity contribution is 5.94. The van der Waals surface area contributed by atoms with Crippen LogP contribution >= 0.6 is 0 Å². The van der Waals surface area contributed by atoms with E-state index in [1.54, 1.807) is 42.5 Å². The number of aromatic nitrogens is 2. The Morgan fingerprint density at radius 2 is 1.82 bits per heavy atom. The fraction of sp³-hybridized carbons (Fsp3) is 0.100. The van der Waals surface area contributed by atoms with E-state index < -0.39 is 23.0 Å². The number of hydrogen-bond acceptors (Lipinski definition) is 5. The molecule has 3 aromatic rings. The molecule has 0 aliphatic heterocycles. The summed E-state index contributed by atoms with van der Waals surface area (Å²) in [5.74, 6) is -1.05. The number of nitrogens with zero attached hydrogens (tertiary/aromatic N) is 2. The molecule has 8 nitrogen and oxygen atoms in total. The molecule has 28 heavy (non-hydrogen) atoms. The van der Waals surface area contributed by atoms with E-state index in [0.29, 0.717) is 11.3 Å². The molecular formula is C20H18N4O4. The number of aromatic hydroxyl groups is 1. The van der Waals surface area contributed by atoms with Crippen LogP contribution in [0.25, 0.3) is 5.69 Å². The minimum atomic E-state index is -0.818. The van der Waals surface area contributed by atoms with Gasteiger partial charge in [-0.05, 0) is 36.2 Å². The number of carbonyl (C=O) groups is 1. The Hall–Kier alpha value is -3.94. The lowest BCUT2D eigenvalue weighted by atomic mass is 10.1. The first-order valence-electron chi connectivity index (χ1n) is 8.57. The van der Waals surface area contributed by atoms with Crippen molar-refractivity contribution in [3.63, 3.8) is 0 Å². The Kier molecular flexibility index (Phi) is 5.50. The first-order chi connectivity index (χ1) is 13.5. The van der Waals surface area contributed by atoms with Crippen molar-refractivity contribution in [2.45, 2.75) is 13.3 Å². The molecule has 8 heteroatoms. The van der Waals surface area contributed by atoms with E-state index in [2.05, 4.69) is 15.5 Å². The van der Waals surface area contributed by atoms with Crippen LogP contribution in [0.1, 0.15) is 28.4 Å². The van der Waals surface area contributed by atoms with E-state index in [1.165, 1.54) is 0 Å². The van der Waals surface area contributed by atoms with E-state index in [-0.39, 0.29) is 5.56 Å². The molecule has 0 atom stereocenters. The molecule has 3 N–H and O–H groups in total. The second kappa shape index (κ2) is 8.17. The molecule has 0 saturated heterocycles. The van der Waals surface area contributed by atoms with Gasteiger partial charge in [-0.3, -0.25) is 14.6 Å². The average Bonchev–Trinajstić information content (AvgIpc) is 2.71. The van der Waals surface area contributed by atoms with Crippen LogP contribution in [0.5, 0.6) is 5.88 Å². The lowest BCUT2D eigenvalue weighted by Gasteiger charge is -2.10. The highest BCUT2D eigenvalue weighted by Gasteiger charge is 2.14. The highest BCUT2D eigenvalue weighted by Crippen LogP contribution is 2.16. The van der Waals surface area contributed by atoms with Crippen molar-refractivity contribution < 1.29 is 9.90 Å². The summed E-state index contributed by atoms with van der Waals surface area (Å²) in [4.78, 5) is 38.3. The Balaban J connectivity index is 1.92. The Labute approximate surface area is 159 Å². The van der Waals surface area contributed by atoms with Crippen LogP contribution in [-0.4, -0.2) is 26.8 Å². The van der Waals surface area contributed by atoms with Gasteiger partial charge in [0.2, 0.25) is 5.88 Å². The van der Waals surface area contributed by atoms with Gasteiger partial charge < -0.3 is 5.11 Å². The Morgan fingerprint density at radius 1 is 1.14 bits per heavy atom. The number of benzene rings is 2. The number of carbonyl (C=O) groups excluding carboxylic acids is 1. The van der Waals surface area contributed by atoms with E-state index >= 15 is 0 Å². The van der Waals surface area contributed by atoms with Crippen LogP contribution in [0.15, 0.2) is 69.3 Å². The minimum absolute atomic E-state index is 0.257. The molecule has 0 fully saturated rings. The van der Waals surface area contributed by atoms with Gasteiger partial charge in [0.1, 0.15) is 5.56 Å². The van der Waals surface area contributed by atoms with Crippen LogP contribution in [0, 0.1) is 0 Å². The number of aromatic amines is 1. The van der Waals surface area contributed by atoms with Gasteiger partial charge in [0, 0.05) is 5.56 Å². The molecule has 0 saturated carbocycles. The second-order valence-electron chi connectivity index (χ2n) is 5.92. The van der Waals surface area contributed by atoms with Crippen LogP contribution < -0.4 is 16.7 Å². The number of hydrogen-bond donors (Lipinski definition) is 3. The zero-order valence-electron chi connectivity index (χ0n) is 15.0. The summed E-state index contributed by atoms with van der Waals surface area (Å²) in [6, 6.07) is 15.4. The molecule has 2 aromatic carbocycles. The van der Waals surface area contributed by atoms with Crippen molar-refractivity contribution >= 4 is 12.1 Å². The lowest BCUT2D eigenvalue weighted by Crippen LogP contribution is -2.31. The van der Waals surface area contributed by atoms with Crippen molar-refractivity contribution in [1.82, 2.24) is 15.0 Å². The van der Waals surface area contributed by atoms with Crippen molar-refractivity contribution in [2.75, 3.05) is 0 Å². The predicted octanol–water partition coefficient (Wildman–Crippen LogP) is 1.56. The van der Waals surface area contributed by atoms with Gasteiger partial charge in [0.05, 0.1) is 11.9 Å². The monoisotopic (exact) mass is 378 g/mol. The van der Waals surface area contributed by atoms with Crippen LogP contribution in [0.3, 0.4) is 0 Å². The highest BCUT2D eigenvalue weighted by atomic mass is 16.3. The number of H-pyrrole nitrogens is 1. The zero-order chi connectivity index (χ0) is 20.1. The van der Waals surface area contributed by atoms with Gasteiger partial charge in [0.25, 0.3) is 11.5 Å². The summed E-state index contributed by atoms with van der Waals surface area (Å²) in [6.07, 6.45) is 1.82. The van der Waals surface area contributed by atoms with Gasteiger partial charge in [0.15, 0.2) is 0 Å². The Bertz CT molecular complexity index is 1130. The topological polar surface area (TPSA) is 117 Å². The Morgan fingerprint density at radius 3 is 2.46 bits per heavy atom. The molecule has 0 bridgehead atoms. The molecule has 0 aliphatic rings. The third-order valence-electron chi connectivity index (χ3n) is 4.12. The summed E-state index contributed by atoms with van der Waals surface area (Å²) < 4.78 is 0.960. The van der Waals surface area contributed by atoms with Crippen molar-refractivity contribution in [3.8, 4) is 11.6 Å². The van der Waals surface area contributed by atoms with Crippen LogP contribution in [0.4, 0.5) is 0 Å². The van der Waals surface area contributed by atoms with Gasteiger partial charge >= 0.3 is 5.69 Å². The third kappa shape index (κ3) is 3.90. The standard InChI is InChI=1S/C20H18N4O4/c1-2-13-8-10-15(11-9-13)24-19(27)16(18(26)22-20(24)28)12-21-23-17(25)14-6-4-3-5-7-14/h3-12,27H,2H2,1H3,(H,23,25)(H,22,26,28)/b21-12-. The second-order valence-corrected chi connectivity index (χ2v) is 5.92. The smallest absolute Gasteiger partial charge is 0.335 e. The lowest BCUT2D eigenvalue weighted by molar-refractivity contribution is 0.0955. The molecule has 1 aromatic heterocycles. The first kappa shape index (κ1) is 18.8. The van der Waals surface area contributed by atoms with E-state index in [4.69, 9.17) is 0 Å².